The van der Waals surface area contributed by atoms with E-state index < -0.39 is 0 Å². The standard InChI is InChI=1S/C13H21N3O2/c1-3-7-14-9-10-16-13(17)12-11(18-4-2)6-5-8-15-12/h5-6,8,14H,3-4,7,9-10H2,1-2H3,(H,16,17). The lowest BCUT2D eigenvalue weighted by atomic mass is 10.3. The molecule has 0 bridgehead atoms. The average molecular weight is 251 g/mol. The fourth-order valence-corrected chi connectivity index (χ4v) is 1.48. The van der Waals surface area contributed by atoms with E-state index in [4.69, 9.17) is 4.74 Å². The summed E-state index contributed by atoms with van der Waals surface area (Å²) in [5.74, 6) is 0.330. The van der Waals surface area contributed by atoms with Gasteiger partial charge in [-0.05, 0) is 32.0 Å². The van der Waals surface area contributed by atoms with Gasteiger partial charge in [-0.15, -0.1) is 0 Å². The molecule has 100 valence electrons. The van der Waals surface area contributed by atoms with Crippen LogP contribution in [0.25, 0.3) is 0 Å². The van der Waals surface area contributed by atoms with E-state index in [1.807, 2.05) is 6.92 Å². The molecule has 0 unspecified atom stereocenters. The van der Waals surface area contributed by atoms with Crippen LogP contribution >= 0.6 is 0 Å². The van der Waals surface area contributed by atoms with Gasteiger partial charge < -0.3 is 15.4 Å². The fourth-order valence-electron chi connectivity index (χ4n) is 1.48. The number of nitrogens with zero attached hydrogens (tertiary/aromatic N) is 1. The number of hydrogen-bond acceptors (Lipinski definition) is 4. The number of amides is 1. The maximum atomic E-state index is 11.9. The van der Waals surface area contributed by atoms with Gasteiger partial charge in [-0.25, -0.2) is 4.98 Å². The van der Waals surface area contributed by atoms with Gasteiger partial charge in [0.15, 0.2) is 11.4 Å². The van der Waals surface area contributed by atoms with Crippen LogP contribution in [0.4, 0.5) is 0 Å². The Bertz CT molecular complexity index is 369. The Hall–Kier alpha value is -1.62. The first kappa shape index (κ1) is 14.4. The van der Waals surface area contributed by atoms with E-state index in [0.29, 0.717) is 24.6 Å². The molecule has 0 spiro atoms. The highest BCUT2D eigenvalue weighted by molar-refractivity contribution is 5.94. The molecule has 2 N–H and O–H groups in total. The number of carbonyl (C=O) groups excluding carboxylic acids is 1. The lowest BCUT2D eigenvalue weighted by molar-refractivity contribution is 0.0945. The first-order valence-corrected chi connectivity index (χ1v) is 6.36. The van der Waals surface area contributed by atoms with Gasteiger partial charge in [-0.2, -0.15) is 0 Å². The van der Waals surface area contributed by atoms with Crippen molar-refractivity contribution >= 4 is 5.91 Å². The summed E-state index contributed by atoms with van der Waals surface area (Å²) in [6.07, 6.45) is 2.68. The highest BCUT2D eigenvalue weighted by Gasteiger charge is 2.12. The Balaban J connectivity index is 2.45. The SMILES string of the molecule is CCCNCCNC(=O)c1ncccc1OCC. The zero-order valence-electron chi connectivity index (χ0n) is 11.0. The Kier molecular flexibility index (Phi) is 6.79. The van der Waals surface area contributed by atoms with E-state index in [9.17, 15) is 4.79 Å². The average Bonchev–Trinajstić information content (AvgIpc) is 2.39. The topological polar surface area (TPSA) is 63.2 Å². The van der Waals surface area contributed by atoms with Crippen molar-refractivity contribution in [2.24, 2.45) is 0 Å². The maximum Gasteiger partial charge on any atom is 0.273 e. The van der Waals surface area contributed by atoms with E-state index in [1.165, 1.54) is 0 Å². The summed E-state index contributed by atoms with van der Waals surface area (Å²) < 4.78 is 5.36. The summed E-state index contributed by atoms with van der Waals surface area (Å²) in [5, 5.41) is 6.03. The molecule has 5 heteroatoms. The molecule has 1 aromatic rings. The molecule has 0 aliphatic rings. The molecule has 0 radical (unpaired) electrons. The number of rotatable bonds is 8. The van der Waals surface area contributed by atoms with Crippen molar-refractivity contribution in [1.82, 2.24) is 15.6 Å². The second kappa shape index (κ2) is 8.47. The van der Waals surface area contributed by atoms with Crippen LogP contribution in [0.15, 0.2) is 18.3 Å². The lowest BCUT2D eigenvalue weighted by Gasteiger charge is -2.09. The van der Waals surface area contributed by atoms with E-state index in [2.05, 4.69) is 22.5 Å². The highest BCUT2D eigenvalue weighted by Crippen LogP contribution is 2.14. The van der Waals surface area contributed by atoms with Gasteiger partial charge in [0.1, 0.15) is 0 Å². The number of aromatic nitrogens is 1. The first-order chi connectivity index (χ1) is 8.79. The Morgan fingerprint density at radius 2 is 2.17 bits per heavy atom. The molecule has 0 saturated heterocycles. The van der Waals surface area contributed by atoms with Gasteiger partial charge in [-0.1, -0.05) is 6.92 Å². The molecular weight excluding hydrogens is 230 g/mol. The monoisotopic (exact) mass is 251 g/mol. The minimum atomic E-state index is -0.197. The van der Waals surface area contributed by atoms with Gasteiger partial charge >= 0.3 is 0 Å². The molecule has 0 fully saturated rings. The van der Waals surface area contributed by atoms with Crippen molar-refractivity contribution in [3.8, 4) is 5.75 Å². The van der Waals surface area contributed by atoms with Crippen LogP contribution in [-0.4, -0.2) is 37.1 Å². The summed E-state index contributed by atoms with van der Waals surface area (Å²) in [4.78, 5) is 15.9. The molecule has 1 rings (SSSR count). The van der Waals surface area contributed by atoms with Gasteiger partial charge in [0.2, 0.25) is 0 Å². The molecule has 5 nitrogen and oxygen atoms in total. The summed E-state index contributed by atoms with van der Waals surface area (Å²) >= 11 is 0. The number of ether oxygens (including phenoxy) is 1. The van der Waals surface area contributed by atoms with Crippen molar-refractivity contribution in [3.63, 3.8) is 0 Å². The van der Waals surface area contributed by atoms with Crippen LogP contribution < -0.4 is 15.4 Å². The Labute approximate surface area is 108 Å². The van der Waals surface area contributed by atoms with E-state index in [1.54, 1.807) is 18.3 Å². The molecule has 0 aliphatic carbocycles. The van der Waals surface area contributed by atoms with Crippen molar-refractivity contribution in [2.75, 3.05) is 26.2 Å². The highest BCUT2D eigenvalue weighted by atomic mass is 16.5. The maximum absolute atomic E-state index is 11.9. The third kappa shape index (κ3) is 4.71. The molecule has 1 amide bonds. The zero-order valence-corrected chi connectivity index (χ0v) is 11.0. The Morgan fingerprint density at radius 3 is 2.89 bits per heavy atom. The summed E-state index contributed by atoms with van der Waals surface area (Å²) in [5.41, 5.74) is 0.342. The number of carbonyl (C=O) groups is 1. The molecule has 0 aliphatic heterocycles. The van der Waals surface area contributed by atoms with Crippen molar-refractivity contribution in [3.05, 3.63) is 24.0 Å². The molecule has 0 atom stereocenters. The second-order valence-corrected chi connectivity index (χ2v) is 3.79. The molecule has 0 saturated carbocycles. The van der Waals surface area contributed by atoms with E-state index in [0.717, 1.165) is 19.5 Å². The van der Waals surface area contributed by atoms with Crippen LogP contribution in [-0.2, 0) is 0 Å². The van der Waals surface area contributed by atoms with Crippen LogP contribution in [0.5, 0.6) is 5.75 Å². The predicted octanol–water partition coefficient (Wildman–Crippen LogP) is 1.21. The Morgan fingerprint density at radius 1 is 1.33 bits per heavy atom. The third-order valence-corrected chi connectivity index (χ3v) is 2.30. The second-order valence-electron chi connectivity index (χ2n) is 3.79. The first-order valence-electron chi connectivity index (χ1n) is 6.36. The van der Waals surface area contributed by atoms with Crippen LogP contribution in [0.2, 0.25) is 0 Å². The van der Waals surface area contributed by atoms with Gasteiger partial charge in [0, 0.05) is 19.3 Å². The minimum Gasteiger partial charge on any atom is -0.491 e. The molecule has 1 aromatic heterocycles. The number of hydrogen-bond donors (Lipinski definition) is 2. The smallest absolute Gasteiger partial charge is 0.273 e. The predicted molar refractivity (Wildman–Crippen MR) is 70.9 cm³/mol. The van der Waals surface area contributed by atoms with Crippen molar-refractivity contribution < 1.29 is 9.53 Å². The molecule has 1 heterocycles. The van der Waals surface area contributed by atoms with E-state index >= 15 is 0 Å². The number of pyridine rings is 1. The van der Waals surface area contributed by atoms with Gasteiger partial charge in [0.25, 0.3) is 5.91 Å². The minimum absolute atomic E-state index is 0.197. The zero-order chi connectivity index (χ0) is 13.2. The molecule has 0 aromatic carbocycles. The van der Waals surface area contributed by atoms with Gasteiger partial charge in [0.05, 0.1) is 6.61 Å². The van der Waals surface area contributed by atoms with Gasteiger partial charge in [-0.3, -0.25) is 4.79 Å². The largest absolute Gasteiger partial charge is 0.491 e. The summed E-state index contributed by atoms with van der Waals surface area (Å²) in [7, 11) is 0. The van der Waals surface area contributed by atoms with E-state index in [-0.39, 0.29) is 5.91 Å². The lowest BCUT2D eigenvalue weighted by Crippen LogP contribution is -2.32. The van der Waals surface area contributed by atoms with Crippen molar-refractivity contribution in [2.45, 2.75) is 20.3 Å². The quantitative estimate of drug-likeness (QED) is 0.682. The van der Waals surface area contributed by atoms with Crippen LogP contribution in [0.3, 0.4) is 0 Å². The van der Waals surface area contributed by atoms with Crippen LogP contribution in [0.1, 0.15) is 30.8 Å². The number of nitrogens with one attached hydrogen (secondary N) is 2. The molecular formula is C13H21N3O2. The normalized spacial score (nSPS) is 10.1. The summed E-state index contributed by atoms with van der Waals surface area (Å²) in [6.45, 7) is 6.81. The van der Waals surface area contributed by atoms with Crippen molar-refractivity contribution in [1.29, 1.82) is 0 Å². The third-order valence-electron chi connectivity index (χ3n) is 2.30. The summed E-state index contributed by atoms with van der Waals surface area (Å²) in [6, 6.07) is 3.51. The van der Waals surface area contributed by atoms with Crippen LogP contribution in [0, 0.1) is 0 Å². The molecule has 18 heavy (non-hydrogen) atoms. The fraction of sp³-hybridized carbons (Fsp3) is 0.538.